The summed E-state index contributed by atoms with van der Waals surface area (Å²) in [5.41, 5.74) is 3.99. The van der Waals surface area contributed by atoms with Gasteiger partial charge in [0.1, 0.15) is 5.69 Å². The molecule has 2 aromatic carbocycles. The fraction of sp³-hybridized carbons (Fsp3) is 0.414. The van der Waals surface area contributed by atoms with Gasteiger partial charge in [0, 0.05) is 43.9 Å². The molecule has 208 valence electrons. The number of hydrogen-bond acceptors (Lipinski definition) is 7. The number of sulfone groups is 1. The van der Waals surface area contributed by atoms with Gasteiger partial charge in [0.2, 0.25) is 5.91 Å². The molecule has 39 heavy (non-hydrogen) atoms. The number of rotatable bonds is 11. The zero-order chi connectivity index (χ0) is 27.8. The van der Waals surface area contributed by atoms with Crippen LogP contribution in [0.5, 0.6) is 0 Å². The quantitative estimate of drug-likeness (QED) is 0.376. The zero-order valence-corrected chi connectivity index (χ0v) is 24.1. The van der Waals surface area contributed by atoms with Gasteiger partial charge in [-0.05, 0) is 49.4 Å². The summed E-state index contributed by atoms with van der Waals surface area (Å²) < 4.78 is 23.4. The maximum absolute atomic E-state index is 13.1. The fourth-order valence-corrected chi connectivity index (χ4v) is 6.26. The Morgan fingerprint density at radius 1 is 1.10 bits per heavy atom. The molecule has 1 saturated heterocycles. The van der Waals surface area contributed by atoms with E-state index in [9.17, 15) is 18.0 Å². The van der Waals surface area contributed by atoms with Crippen molar-refractivity contribution in [2.75, 3.05) is 32.4 Å². The van der Waals surface area contributed by atoms with Crippen molar-refractivity contribution in [1.82, 2.24) is 20.1 Å². The van der Waals surface area contributed by atoms with E-state index in [4.69, 9.17) is 0 Å². The van der Waals surface area contributed by atoms with Crippen LogP contribution in [-0.2, 0) is 21.1 Å². The van der Waals surface area contributed by atoms with Gasteiger partial charge in [-0.2, -0.15) is 0 Å². The molecule has 1 aromatic heterocycles. The highest BCUT2D eigenvalue weighted by molar-refractivity contribution is 7.90. The van der Waals surface area contributed by atoms with Crippen LogP contribution in [0.4, 0.5) is 0 Å². The number of likely N-dealkylation sites (N-methyl/N-ethyl adjacent to an activating group) is 1. The Hall–Kier alpha value is -3.08. The molecule has 2 heterocycles. The molecule has 0 saturated carbocycles. The third-order valence-electron chi connectivity index (χ3n) is 7.27. The highest BCUT2D eigenvalue weighted by atomic mass is 32.2. The van der Waals surface area contributed by atoms with Crippen molar-refractivity contribution in [3.63, 3.8) is 0 Å². The maximum Gasteiger partial charge on any atom is 0.271 e. The third-order valence-corrected chi connectivity index (χ3v) is 8.99. The molecule has 0 unspecified atom stereocenters. The molecule has 0 bridgehead atoms. The van der Waals surface area contributed by atoms with Crippen molar-refractivity contribution in [2.45, 2.75) is 49.6 Å². The van der Waals surface area contributed by atoms with Gasteiger partial charge in [-0.15, -0.1) is 11.3 Å². The first kappa shape index (κ1) is 28.9. The minimum atomic E-state index is -3.26. The van der Waals surface area contributed by atoms with E-state index in [0.717, 1.165) is 50.0 Å². The summed E-state index contributed by atoms with van der Waals surface area (Å²) in [7, 11) is -3.26. The van der Waals surface area contributed by atoms with Crippen molar-refractivity contribution in [3.05, 3.63) is 82.3 Å². The van der Waals surface area contributed by atoms with Crippen LogP contribution in [0.15, 0.2) is 70.4 Å². The van der Waals surface area contributed by atoms with Gasteiger partial charge in [0.05, 0.1) is 22.9 Å². The van der Waals surface area contributed by atoms with Crippen molar-refractivity contribution < 1.29 is 18.0 Å². The lowest BCUT2D eigenvalue weighted by molar-refractivity contribution is -0.133. The van der Waals surface area contributed by atoms with Crippen LogP contribution in [-0.4, -0.2) is 73.5 Å². The Balaban J connectivity index is 1.30. The predicted octanol–water partition coefficient (Wildman–Crippen LogP) is 3.96. The van der Waals surface area contributed by atoms with Gasteiger partial charge >= 0.3 is 0 Å². The number of carbonyl (C=O) groups excluding carboxylic acids is 2. The molecule has 0 aliphatic carbocycles. The van der Waals surface area contributed by atoms with Gasteiger partial charge in [-0.1, -0.05) is 42.5 Å². The predicted molar refractivity (Wildman–Crippen MR) is 153 cm³/mol. The topological polar surface area (TPSA) is 99.7 Å². The van der Waals surface area contributed by atoms with E-state index >= 15 is 0 Å². The number of likely N-dealkylation sites (tertiary alicyclic amines) is 1. The van der Waals surface area contributed by atoms with E-state index in [-0.39, 0.29) is 35.2 Å². The molecule has 0 radical (unpaired) electrons. The van der Waals surface area contributed by atoms with Crippen LogP contribution in [0.3, 0.4) is 0 Å². The molecule has 10 heteroatoms. The van der Waals surface area contributed by atoms with Gasteiger partial charge in [-0.25, -0.2) is 13.4 Å². The van der Waals surface area contributed by atoms with Crippen molar-refractivity contribution in [2.24, 2.45) is 0 Å². The number of amides is 2. The average molecular weight is 569 g/mol. The van der Waals surface area contributed by atoms with Gasteiger partial charge < -0.3 is 15.1 Å². The summed E-state index contributed by atoms with van der Waals surface area (Å²) in [6.45, 7) is 5.27. The molecule has 1 fully saturated rings. The normalized spacial score (nSPS) is 15.5. The minimum Gasteiger partial charge on any atom is -0.344 e. The van der Waals surface area contributed by atoms with Crippen molar-refractivity contribution >= 4 is 33.0 Å². The van der Waals surface area contributed by atoms with Crippen molar-refractivity contribution in [1.29, 1.82) is 0 Å². The summed E-state index contributed by atoms with van der Waals surface area (Å²) in [6.07, 6.45) is 4.01. The largest absolute Gasteiger partial charge is 0.344 e. The van der Waals surface area contributed by atoms with E-state index in [0.29, 0.717) is 12.2 Å². The maximum atomic E-state index is 13.1. The molecule has 1 atom stereocenters. The molecular formula is C29H36N4O4S2. The number of carbonyl (C=O) groups is 2. The molecule has 4 rings (SSSR count). The molecule has 1 N–H and O–H groups in total. The first-order chi connectivity index (χ1) is 18.7. The number of aromatic nitrogens is 1. The lowest BCUT2D eigenvalue weighted by Gasteiger charge is -2.38. The van der Waals surface area contributed by atoms with E-state index in [1.165, 1.54) is 17.6 Å². The lowest BCUT2D eigenvalue weighted by Crippen LogP contribution is -2.48. The van der Waals surface area contributed by atoms with Crippen molar-refractivity contribution in [3.8, 4) is 0 Å². The number of thiazole rings is 1. The molecule has 2 amide bonds. The average Bonchev–Trinajstić information content (AvgIpc) is 3.48. The van der Waals surface area contributed by atoms with E-state index in [2.05, 4.69) is 15.2 Å². The molecule has 0 spiro atoms. The summed E-state index contributed by atoms with van der Waals surface area (Å²) in [4.78, 5) is 34.6. The lowest BCUT2D eigenvalue weighted by atomic mass is 9.99. The van der Waals surface area contributed by atoms with Crippen LogP contribution in [0, 0.1) is 0 Å². The minimum absolute atomic E-state index is 0.0666. The Bertz CT molecular complexity index is 1320. The number of hydrogen-bond donors (Lipinski definition) is 1. The van der Waals surface area contributed by atoms with Gasteiger partial charge in [0.15, 0.2) is 9.84 Å². The summed E-state index contributed by atoms with van der Waals surface area (Å²) in [5.74, 6) is -0.0937. The summed E-state index contributed by atoms with van der Waals surface area (Å²) in [6, 6.07) is 16.7. The smallest absolute Gasteiger partial charge is 0.271 e. The molecule has 1 aliphatic rings. The first-order valence-corrected chi connectivity index (χ1v) is 16.1. The second-order valence-electron chi connectivity index (χ2n) is 9.94. The van der Waals surface area contributed by atoms with Gasteiger partial charge in [0.25, 0.3) is 5.91 Å². The van der Waals surface area contributed by atoms with E-state index < -0.39 is 9.84 Å². The highest BCUT2D eigenvalue weighted by Crippen LogP contribution is 2.22. The summed E-state index contributed by atoms with van der Waals surface area (Å²) in [5, 5.41) is 4.91. The number of nitrogens with one attached hydrogen (secondary N) is 1. The Morgan fingerprint density at radius 3 is 2.38 bits per heavy atom. The zero-order valence-electron chi connectivity index (χ0n) is 22.5. The standard InChI is InChI=1S/C29H36N4O4S2/c1-3-33(28(34)19-22-9-11-25(12-10-22)39(2,36)37)24-13-16-32(17-14-24)18-15-26(23-7-5-4-6-8-23)31-29(35)27-20-38-21-30-27/h4-12,20-21,24,26H,3,13-19H2,1-2H3,(H,31,35)/t26-/m0/s1. The molecule has 1 aliphatic heterocycles. The monoisotopic (exact) mass is 568 g/mol. The first-order valence-electron chi connectivity index (χ1n) is 13.3. The number of piperidine rings is 1. The Labute approximate surface area is 235 Å². The number of nitrogens with zero attached hydrogens (tertiary/aromatic N) is 3. The third kappa shape index (κ3) is 7.97. The van der Waals surface area contributed by atoms with Gasteiger partial charge in [-0.3, -0.25) is 9.59 Å². The highest BCUT2D eigenvalue weighted by Gasteiger charge is 2.27. The molecule has 8 nitrogen and oxygen atoms in total. The van der Waals surface area contributed by atoms with Crippen LogP contribution in [0.25, 0.3) is 0 Å². The van der Waals surface area contributed by atoms with Crippen LogP contribution in [0.1, 0.15) is 53.8 Å². The molecule has 3 aromatic rings. The van der Waals surface area contributed by atoms with E-state index in [1.807, 2.05) is 42.2 Å². The second kappa shape index (κ2) is 13.3. The Morgan fingerprint density at radius 2 is 1.79 bits per heavy atom. The number of benzene rings is 2. The Kier molecular flexibility index (Phi) is 9.88. The van der Waals surface area contributed by atoms with Crippen LogP contribution >= 0.6 is 11.3 Å². The van der Waals surface area contributed by atoms with Crippen LogP contribution < -0.4 is 5.32 Å². The van der Waals surface area contributed by atoms with Crippen LogP contribution in [0.2, 0.25) is 0 Å². The fourth-order valence-electron chi connectivity index (χ4n) is 5.10. The SMILES string of the molecule is CCN(C(=O)Cc1ccc(S(C)(=O)=O)cc1)C1CCN(CC[C@H](NC(=O)c2cscn2)c2ccccc2)CC1. The molecular weight excluding hydrogens is 532 g/mol. The second-order valence-corrected chi connectivity index (χ2v) is 12.7. The summed E-state index contributed by atoms with van der Waals surface area (Å²) >= 11 is 1.40. The van der Waals surface area contributed by atoms with E-state index in [1.54, 1.807) is 35.2 Å².